The monoisotopic (exact) mass is 552 g/mol. The Kier molecular flexibility index (Phi) is 6.29. The van der Waals surface area contributed by atoms with Gasteiger partial charge in [-0.1, -0.05) is 24.3 Å². The number of hydrogen-bond donors (Lipinski definition) is 0. The van der Waals surface area contributed by atoms with Gasteiger partial charge in [0.1, 0.15) is 17.3 Å². The van der Waals surface area contributed by atoms with Crippen molar-refractivity contribution in [3.63, 3.8) is 0 Å². The summed E-state index contributed by atoms with van der Waals surface area (Å²) in [5.74, 6) is 0.374. The largest absolute Gasteiger partial charge is 0.469 e. The molecule has 2 atom stereocenters. The Hall–Kier alpha value is -4.20. The van der Waals surface area contributed by atoms with Gasteiger partial charge in [-0.15, -0.1) is 0 Å². The minimum atomic E-state index is -0.321. The number of fused-ring (bicyclic) bond motifs is 2. The number of benzene rings is 2. The maximum Gasteiger partial charge on any atom is 0.310 e. The van der Waals surface area contributed by atoms with E-state index in [1.54, 1.807) is 12.1 Å². The first-order valence-corrected chi connectivity index (χ1v) is 14.5. The lowest BCUT2D eigenvalue weighted by Crippen LogP contribution is -2.39. The summed E-state index contributed by atoms with van der Waals surface area (Å²) in [7, 11) is 1.40. The lowest BCUT2D eigenvalue weighted by molar-refractivity contribution is -0.144. The summed E-state index contributed by atoms with van der Waals surface area (Å²) >= 11 is 0. The van der Waals surface area contributed by atoms with Crippen LogP contribution in [-0.2, 0) is 16.0 Å². The minimum absolute atomic E-state index is 0.0247. The molecule has 0 bridgehead atoms. The quantitative estimate of drug-likeness (QED) is 0.294. The predicted octanol–water partition coefficient (Wildman–Crippen LogP) is 5.78. The van der Waals surface area contributed by atoms with Gasteiger partial charge in [-0.05, 0) is 74.1 Å². The highest BCUT2D eigenvalue weighted by atomic mass is 19.1. The first-order valence-electron chi connectivity index (χ1n) is 14.5. The zero-order chi connectivity index (χ0) is 28.2. The number of ether oxygens (including phenoxy) is 1. The lowest BCUT2D eigenvalue weighted by Gasteiger charge is -2.35. The number of carbonyl (C=O) groups excluding carboxylic acids is 2. The second-order valence-electron chi connectivity index (χ2n) is 11.5. The third kappa shape index (κ3) is 4.55. The number of esters is 1. The van der Waals surface area contributed by atoms with Crippen molar-refractivity contribution in [2.24, 2.45) is 5.92 Å². The van der Waals surface area contributed by atoms with Gasteiger partial charge in [0.15, 0.2) is 0 Å². The predicted molar refractivity (Wildman–Crippen MR) is 154 cm³/mol. The molecule has 0 spiro atoms. The highest BCUT2D eigenvalue weighted by Gasteiger charge is 2.33. The summed E-state index contributed by atoms with van der Waals surface area (Å²) in [6, 6.07) is 17.3. The molecule has 210 valence electrons. The number of hydrogen-bond acceptors (Lipinski definition) is 5. The summed E-state index contributed by atoms with van der Waals surface area (Å²) in [5, 5.41) is 0. The topological polar surface area (TPSA) is 67.2 Å². The zero-order valence-corrected chi connectivity index (χ0v) is 23.3. The van der Waals surface area contributed by atoms with E-state index in [4.69, 9.17) is 9.72 Å². The Bertz CT molecular complexity index is 1680. The van der Waals surface area contributed by atoms with Crippen LogP contribution in [-0.4, -0.2) is 52.9 Å². The Morgan fingerprint density at radius 2 is 1.85 bits per heavy atom. The van der Waals surface area contributed by atoms with Crippen LogP contribution in [0.4, 0.5) is 10.1 Å². The van der Waals surface area contributed by atoms with Gasteiger partial charge in [0.2, 0.25) is 0 Å². The van der Waals surface area contributed by atoms with Crippen LogP contribution in [0.1, 0.15) is 65.6 Å². The van der Waals surface area contributed by atoms with E-state index < -0.39 is 0 Å². The van der Waals surface area contributed by atoms with E-state index >= 15 is 4.39 Å². The van der Waals surface area contributed by atoms with Crippen LogP contribution >= 0.6 is 0 Å². The Morgan fingerprint density at radius 1 is 1.02 bits per heavy atom. The standard InChI is InChI=1S/C33H33FN4O3/c1-20-27-6-4-3-5-21(27)12-14-37(20)32(39)30-17-26-15-24(19-38(26)31(35-30)22-7-8-22)28-10-9-25(16-29(28)34)36-13-11-23(18-36)33(40)41-2/h3-6,9-10,15-17,19-20,22-23H,7-8,11-14,18H2,1-2H3/t20-,23+/m1/s1. The molecule has 4 aromatic rings. The molecule has 0 radical (unpaired) electrons. The van der Waals surface area contributed by atoms with E-state index in [1.165, 1.54) is 18.2 Å². The SMILES string of the molecule is COC(=O)[C@H]1CCN(c2ccc(-c3cc4cc(C(=O)N5CCc6ccccc6[C@H]5C)nc(C5CC5)n4c3)c(F)c2)C1. The van der Waals surface area contributed by atoms with E-state index in [2.05, 4.69) is 19.1 Å². The van der Waals surface area contributed by atoms with E-state index in [0.29, 0.717) is 43.2 Å². The third-order valence-corrected chi connectivity index (χ3v) is 8.98. The van der Waals surface area contributed by atoms with Gasteiger partial charge in [0.05, 0.1) is 19.1 Å². The molecule has 2 aliphatic heterocycles. The van der Waals surface area contributed by atoms with Gasteiger partial charge >= 0.3 is 5.97 Å². The molecule has 2 fully saturated rings. The van der Waals surface area contributed by atoms with Crippen molar-refractivity contribution in [1.82, 2.24) is 14.3 Å². The van der Waals surface area contributed by atoms with Crippen LogP contribution in [0.15, 0.2) is 60.8 Å². The molecule has 41 heavy (non-hydrogen) atoms. The summed E-state index contributed by atoms with van der Waals surface area (Å²) in [6.07, 6.45) is 5.53. The fraction of sp³-hybridized carbons (Fsp3) is 0.364. The van der Waals surface area contributed by atoms with Crippen LogP contribution < -0.4 is 4.90 Å². The number of aromatic nitrogens is 2. The van der Waals surface area contributed by atoms with Crippen molar-refractivity contribution >= 4 is 23.1 Å². The summed E-state index contributed by atoms with van der Waals surface area (Å²) < 4.78 is 22.4. The molecule has 1 amide bonds. The highest BCUT2D eigenvalue weighted by Crippen LogP contribution is 2.41. The second kappa shape index (κ2) is 10.0. The first-order chi connectivity index (χ1) is 19.9. The molecule has 2 aromatic carbocycles. The van der Waals surface area contributed by atoms with Gasteiger partial charge in [-0.25, -0.2) is 9.37 Å². The molecular weight excluding hydrogens is 519 g/mol. The van der Waals surface area contributed by atoms with E-state index in [1.807, 2.05) is 50.7 Å². The van der Waals surface area contributed by atoms with Crippen LogP contribution in [0, 0.1) is 11.7 Å². The third-order valence-electron chi connectivity index (χ3n) is 8.98. The summed E-state index contributed by atoms with van der Waals surface area (Å²) in [6.45, 7) is 3.94. The molecule has 0 unspecified atom stereocenters. The van der Waals surface area contributed by atoms with Crippen LogP contribution in [0.5, 0.6) is 0 Å². The van der Waals surface area contributed by atoms with Crippen molar-refractivity contribution in [3.8, 4) is 11.1 Å². The fourth-order valence-electron chi connectivity index (χ4n) is 6.51. The van der Waals surface area contributed by atoms with Crippen LogP contribution in [0.3, 0.4) is 0 Å². The molecule has 4 heterocycles. The zero-order valence-electron chi connectivity index (χ0n) is 23.3. The Morgan fingerprint density at radius 3 is 2.63 bits per heavy atom. The number of anilines is 1. The van der Waals surface area contributed by atoms with Crippen molar-refractivity contribution in [2.45, 2.75) is 44.6 Å². The lowest BCUT2D eigenvalue weighted by atomic mass is 9.93. The minimum Gasteiger partial charge on any atom is -0.469 e. The maximum atomic E-state index is 15.5. The van der Waals surface area contributed by atoms with Gasteiger partial charge in [-0.3, -0.25) is 9.59 Å². The van der Waals surface area contributed by atoms with Crippen molar-refractivity contribution in [3.05, 3.63) is 89.3 Å². The number of carbonyl (C=O) groups is 2. The van der Waals surface area contributed by atoms with Gasteiger partial charge in [0.25, 0.3) is 5.91 Å². The smallest absolute Gasteiger partial charge is 0.310 e. The maximum absolute atomic E-state index is 15.5. The number of methoxy groups -OCH3 is 1. The molecule has 2 aromatic heterocycles. The molecule has 7 rings (SSSR count). The molecule has 7 nitrogen and oxygen atoms in total. The molecule has 1 saturated heterocycles. The average molecular weight is 553 g/mol. The number of rotatable bonds is 5. The average Bonchev–Trinajstić information content (AvgIpc) is 3.55. The fourth-order valence-corrected chi connectivity index (χ4v) is 6.51. The normalized spacial score (nSPS) is 20.4. The summed E-state index contributed by atoms with van der Waals surface area (Å²) in [5.41, 5.74) is 5.77. The van der Waals surface area contributed by atoms with Crippen LogP contribution in [0.25, 0.3) is 16.6 Å². The van der Waals surface area contributed by atoms with Crippen LogP contribution in [0.2, 0.25) is 0 Å². The molecule has 8 heteroatoms. The van der Waals surface area contributed by atoms with Gasteiger partial charge < -0.3 is 18.9 Å². The highest BCUT2D eigenvalue weighted by molar-refractivity contribution is 5.94. The van der Waals surface area contributed by atoms with Crippen molar-refractivity contribution < 1.29 is 18.7 Å². The Balaban J connectivity index is 1.19. The number of nitrogens with zero attached hydrogens (tertiary/aromatic N) is 4. The molecular formula is C33H33FN4O3. The molecule has 1 aliphatic carbocycles. The van der Waals surface area contributed by atoms with Crippen molar-refractivity contribution in [1.29, 1.82) is 0 Å². The first kappa shape index (κ1) is 25.7. The van der Waals surface area contributed by atoms with Gasteiger partial charge in [-0.2, -0.15) is 0 Å². The number of halogens is 1. The van der Waals surface area contributed by atoms with E-state index in [0.717, 1.165) is 41.9 Å². The second-order valence-corrected chi connectivity index (χ2v) is 11.5. The molecule has 3 aliphatic rings. The van der Waals surface area contributed by atoms with E-state index in [9.17, 15) is 9.59 Å². The molecule has 1 saturated carbocycles. The van der Waals surface area contributed by atoms with Gasteiger partial charge in [0, 0.05) is 54.1 Å². The Labute approximate surface area is 238 Å². The van der Waals surface area contributed by atoms with Crippen molar-refractivity contribution in [2.75, 3.05) is 31.6 Å². The van der Waals surface area contributed by atoms with E-state index in [-0.39, 0.29) is 29.7 Å². The summed E-state index contributed by atoms with van der Waals surface area (Å²) in [4.78, 5) is 34.6. The number of amides is 1. The molecule has 0 N–H and O–H groups in total.